The molecule has 0 aliphatic heterocycles. The first-order chi connectivity index (χ1) is 8.71. The summed E-state index contributed by atoms with van der Waals surface area (Å²) in [5.74, 6) is 0. The minimum Gasteiger partial charge on any atom is -0.235 e. The third kappa shape index (κ3) is 3.35. The highest BCUT2D eigenvalue weighted by atomic mass is 79.9. The summed E-state index contributed by atoms with van der Waals surface area (Å²) in [7, 11) is -2.02. The van der Waals surface area contributed by atoms with Crippen LogP contribution in [0.25, 0.3) is 0 Å². The summed E-state index contributed by atoms with van der Waals surface area (Å²) in [4.78, 5) is 0. The molecule has 1 unspecified atom stereocenters. The van der Waals surface area contributed by atoms with E-state index in [1.54, 1.807) is 7.05 Å². The topological polar surface area (TPSA) is 76.9 Å². The lowest BCUT2D eigenvalue weighted by Crippen LogP contribution is -2.41. The van der Waals surface area contributed by atoms with Crippen molar-refractivity contribution < 1.29 is 8.42 Å². The molecule has 1 saturated carbocycles. The van der Waals surface area contributed by atoms with E-state index in [0.717, 1.165) is 25.7 Å². The number of halogens is 1. The van der Waals surface area contributed by atoms with E-state index in [-0.39, 0.29) is 21.1 Å². The van der Waals surface area contributed by atoms with E-state index in [0.29, 0.717) is 0 Å². The van der Waals surface area contributed by atoms with E-state index in [1.165, 1.54) is 4.68 Å². The van der Waals surface area contributed by atoms with Crippen LogP contribution in [0.1, 0.15) is 39.5 Å². The Morgan fingerprint density at radius 2 is 2.16 bits per heavy atom. The summed E-state index contributed by atoms with van der Waals surface area (Å²) in [5, 5.41) is 7.50. The zero-order chi connectivity index (χ0) is 14.3. The van der Waals surface area contributed by atoms with Crippen molar-refractivity contribution in [1.29, 1.82) is 0 Å². The summed E-state index contributed by atoms with van der Waals surface area (Å²) in [6, 6.07) is -0.0180. The van der Waals surface area contributed by atoms with Gasteiger partial charge in [0.05, 0.1) is 0 Å². The van der Waals surface area contributed by atoms with Gasteiger partial charge in [0.2, 0.25) is 5.03 Å². The molecule has 0 amide bonds. The molecule has 19 heavy (non-hydrogen) atoms. The summed E-state index contributed by atoms with van der Waals surface area (Å²) < 4.78 is 29.0. The Morgan fingerprint density at radius 1 is 1.47 bits per heavy atom. The predicted octanol–water partition coefficient (Wildman–Crippen LogP) is 1.82. The lowest BCUT2D eigenvalue weighted by molar-refractivity contribution is 0.212. The van der Waals surface area contributed by atoms with Gasteiger partial charge >= 0.3 is 0 Å². The van der Waals surface area contributed by atoms with E-state index in [9.17, 15) is 8.42 Å². The number of aryl methyl sites for hydroxylation is 1. The number of nitrogens with one attached hydrogen (secondary N) is 1. The van der Waals surface area contributed by atoms with Gasteiger partial charge in [-0.15, -0.1) is 5.10 Å². The number of rotatable bonds is 3. The van der Waals surface area contributed by atoms with Crippen LogP contribution in [0.5, 0.6) is 0 Å². The molecule has 108 valence electrons. The van der Waals surface area contributed by atoms with Gasteiger partial charge in [0.15, 0.2) is 4.60 Å². The molecule has 1 aromatic rings. The Kier molecular flexibility index (Phi) is 4.04. The highest BCUT2D eigenvalue weighted by Gasteiger charge is 2.32. The standard InChI is InChI=1S/C11H19BrN4O2S/c1-11(2)6-4-5-8(7-11)14-19(17,18)10-9(12)13-15-16(10)3/h8,14H,4-7H2,1-3H3. The van der Waals surface area contributed by atoms with E-state index in [4.69, 9.17) is 0 Å². The number of hydrogen-bond donors (Lipinski definition) is 1. The lowest BCUT2D eigenvalue weighted by Gasteiger charge is -2.35. The first kappa shape index (κ1) is 14.9. The van der Waals surface area contributed by atoms with Crippen molar-refractivity contribution in [2.24, 2.45) is 12.5 Å². The average Bonchev–Trinajstić information content (AvgIpc) is 2.56. The van der Waals surface area contributed by atoms with Crippen molar-refractivity contribution in [3.8, 4) is 0 Å². The molecule has 6 nitrogen and oxygen atoms in total. The van der Waals surface area contributed by atoms with Crippen LogP contribution in [0.2, 0.25) is 0 Å². The average molecular weight is 351 g/mol. The maximum atomic E-state index is 12.4. The highest BCUT2D eigenvalue weighted by molar-refractivity contribution is 9.10. The van der Waals surface area contributed by atoms with E-state index < -0.39 is 10.0 Å². The van der Waals surface area contributed by atoms with Crippen LogP contribution in [0.4, 0.5) is 0 Å². The molecule has 0 spiro atoms. The minimum atomic E-state index is -3.59. The van der Waals surface area contributed by atoms with E-state index >= 15 is 0 Å². The predicted molar refractivity (Wildman–Crippen MR) is 75.1 cm³/mol. The van der Waals surface area contributed by atoms with Crippen molar-refractivity contribution >= 4 is 26.0 Å². The third-order valence-electron chi connectivity index (χ3n) is 3.52. The molecule has 1 atom stereocenters. The van der Waals surface area contributed by atoms with Crippen LogP contribution in [0, 0.1) is 5.41 Å². The van der Waals surface area contributed by atoms with Crippen LogP contribution >= 0.6 is 15.9 Å². The summed E-state index contributed by atoms with van der Waals surface area (Å²) in [5.41, 5.74) is 0.188. The second-order valence-electron chi connectivity index (χ2n) is 5.89. The van der Waals surface area contributed by atoms with Crippen LogP contribution in [-0.2, 0) is 17.1 Å². The molecule has 0 aromatic carbocycles. The number of aromatic nitrogens is 3. The van der Waals surface area contributed by atoms with E-state index in [1.807, 2.05) is 0 Å². The second kappa shape index (κ2) is 5.14. The molecule has 1 aliphatic carbocycles. The second-order valence-corrected chi connectivity index (χ2v) is 8.27. The van der Waals surface area contributed by atoms with Gasteiger partial charge in [-0.1, -0.05) is 25.5 Å². The highest BCUT2D eigenvalue weighted by Crippen LogP contribution is 2.35. The fourth-order valence-corrected chi connectivity index (χ4v) is 5.05. The quantitative estimate of drug-likeness (QED) is 0.901. The van der Waals surface area contributed by atoms with Crippen molar-refractivity contribution in [2.45, 2.75) is 50.6 Å². The molecule has 1 aromatic heterocycles. The summed E-state index contributed by atoms with van der Waals surface area (Å²) in [6.45, 7) is 4.35. The molecule has 1 aliphatic rings. The van der Waals surface area contributed by atoms with Gasteiger partial charge in [-0.3, -0.25) is 0 Å². The number of hydrogen-bond acceptors (Lipinski definition) is 4. The first-order valence-corrected chi connectivity index (χ1v) is 8.56. The van der Waals surface area contributed by atoms with Gasteiger partial charge < -0.3 is 0 Å². The molecule has 1 N–H and O–H groups in total. The maximum absolute atomic E-state index is 12.4. The first-order valence-electron chi connectivity index (χ1n) is 6.29. The third-order valence-corrected chi connectivity index (χ3v) is 5.93. The van der Waals surface area contributed by atoms with Crippen LogP contribution < -0.4 is 4.72 Å². The zero-order valence-corrected chi connectivity index (χ0v) is 13.8. The molecule has 0 bridgehead atoms. The fraction of sp³-hybridized carbons (Fsp3) is 0.818. The molecular formula is C11H19BrN4O2S. The Morgan fingerprint density at radius 3 is 2.68 bits per heavy atom. The van der Waals surface area contributed by atoms with E-state index in [2.05, 4.69) is 44.8 Å². The maximum Gasteiger partial charge on any atom is 0.260 e. The number of sulfonamides is 1. The van der Waals surface area contributed by atoms with Crippen LogP contribution in [0.15, 0.2) is 9.63 Å². The van der Waals surface area contributed by atoms with Gasteiger partial charge in [-0.2, -0.15) is 0 Å². The van der Waals surface area contributed by atoms with Crippen molar-refractivity contribution in [1.82, 2.24) is 19.7 Å². The molecule has 0 saturated heterocycles. The van der Waals surface area contributed by atoms with Crippen molar-refractivity contribution in [3.05, 3.63) is 4.60 Å². The van der Waals surface area contributed by atoms with Gasteiger partial charge in [0, 0.05) is 13.1 Å². The van der Waals surface area contributed by atoms with Gasteiger partial charge in [-0.25, -0.2) is 17.8 Å². The number of nitrogens with zero attached hydrogens (tertiary/aromatic N) is 3. The fourth-order valence-electron chi connectivity index (χ4n) is 2.68. The summed E-state index contributed by atoms with van der Waals surface area (Å²) >= 11 is 3.13. The Labute approximate surface area is 122 Å². The van der Waals surface area contributed by atoms with Gasteiger partial charge in [0.25, 0.3) is 10.0 Å². The molecule has 1 heterocycles. The van der Waals surface area contributed by atoms with Crippen molar-refractivity contribution in [3.63, 3.8) is 0 Å². The molecular weight excluding hydrogens is 332 g/mol. The Bertz CT molecular complexity index is 548. The molecule has 1 fully saturated rings. The zero-order valence-electron chi connectivity index (χ0n) is 11.4. The SMILES string of the molecule is Cn1nnc(Br)c1S(=O)(=O)NC1CCCC(C)(C)C1. The monoisotopic (exact) mass is 350 g/mol. The smallest absolute Gasteiger partial charge is 0.235 e. The molecule has 2 rings (SSSR count). The van der Waals surface area contributed by atoms with Crippen molar-refractivity contribution in [2.75, 3.05) is 0 Å². The molecule has 0 radical (unpaired) electrons. The Hall–Kier alpha value is -0.470. The van der Waals surface area contributed by atoms with Gasteiger partial charge in [0.1, 0.15) is 0 Å². The Balaban J connectivity index is 2.18. The van der Waals surface area contributed by atoms with Crippen LogP contribution in [0.3, 0.4) is 0 Å². The lowest BCUT2D eigenvalue weighted by atomic mass is 9.75. The normalized spacial score (nSPS) is 23.5. The van der Waals surface area contributed by atoms with Crippen LogP contribution in [-0.4, -0.2) is 29.5 Å². The largest absolute Gasteiger partial charge is 0.260 e. The summed E-state index contributed by atoms with van der Waals surface area (Å²) in [6.07, 6.45) is 3.92. The minimum absolute atomic E-state index is 0.0180. The van der Waals surface area contributed by atoms with Gasteiger partial charge in [-0.05, 0) is 40.6 Å². The molecule has 8 heteroatoms.